The van der Waals surface area contributed by atoms with Crippen LogP contribution in [0.1, 0.15) is 47.4 Å². The molecule has 0 bridgehead atoms. The van der Waals surface area contributed by atoms with Gasteiger partial charge in [-0.15, -0.1) is 0 Å². The first-order valence-corrected chi connectivity index (χ1v) is 11.2. The molecule has 1 atom stereocenters. The lowest BCUT2D eigenvalue weighted by atomic mass is 10.1. The number of hydrogen-bond donors (Lipinski definition) is 2. The zero-order valence-electron chi connectivity index (χ0n) is 18.3. The average molecular weight is 436 g/mol. The van der Waals surface area contributed by atoms with Crippen LogP contribution < -0.4 is 15.6 Å². The third kappa shape index (κ3) is 5.16. The van der Waals surface area contributed by atoms with Gasteiger partial charge < -0.3 is 15.2 Å². The predicted molar refractivity (Wildman–Crippen MR) is 123 cm³/mol. The topological polar surface area (TPSA) is 93.5 Å². The van der Waals surface area contributed by atoms with Crippen molar-refractivity contribution in [1.82, 2.24) is 14.9 Å². The van der Waals surface area contributed by atoms with Gasteiger partial charge in [0.1, 0.15) is 24.3 Å². The summed E-state index contributed by atoms with van der Waals surface area (Å²) < 4.78 is 7.36. The summed E-state index contributed by atoms with van der Waals surface area (Å²) in [7, 11) is 0. The molecule has 0 spiro atoms. The summed E-state index contributed by atoms with van der Waals surface area (Å²) in [4.78, 5) is 30.2. The molecule has 4 rings (SSSR count). The maximum Gasteiger partial charge on any atom is 0.261 e. The number of aliphatic hydroxyl groups excluding tert-OH is 1. The van der Waals surface area contributed by atoms with Gasteiger partial charge in [-0.2, -0.15) is 0 Å². The Kier molecular flexibility index (Phi) is 6.85. The van der Waals surface area contributed by atoms with Gasteiger partial charge in [0.05, 0.1) is 10.9 Å². The molecular weight excluding hydrogens is 406 g/mol. The molecule has 7 heteroatoms. The van der Waals surface area contributed by atoms with E-state index in [1.54, 1.807) is 22.8 Å². The van der Waals surface area contributed by atoms with E-state index in [0.717, 1.165) is 43.5 Å². The van der Waals surface area contributed by atoms with Crippen molar-refractivity contribution in [3.63, 3.8) is 0 Å². The van der Waals surface area contributed by atoms with Crippen LogP contribution in [-0.4, -0.2) is 39.8 Å². The summed E-state index contributed by atoms with van der Waals surface area (Å²) in [6.07, 6.45) is 4.20. The Bertz CT molecular complexity index is 1170. The zero-order valence-corrected chi connectivity index (χ0v) is 18.3. The number of benzene rings is 2. The van der Waals surface area contributed by atoms with Crippen molar-refractivity contribution in [3.8, 4) is 5.75 Å². The van der Waals surface area contributed by atoms with E-state index in [1.165, 1.54) is 0 Å². The van der Waals surface area contributed by atoms with Gasteiger partial charge >= 0.3 is 0 Å². The Balaban J connectivity index is 1.42. The van der Waals surface area contributed by atoms with E-state index in [2.05, 4.69) is 5.32 Å². The molecule has 7 nitrogen and oxygen atoms in total. The maximum atomic E-state index is 12.9. The zero-order chi connectivity index (χ0) is 22.5. The van der Waals surface area contributed by atoms with Gasteiger partial charge in [0.15, 0.2) is 0 Å². The van der Waals surface area contributed by atoms with Gasteiger partial charge in [-0.3, -0.25) is 14.2 Å². The molecule has 1 unspecified atom stereocenters. The first-order chi connectivity index (χ1) is 15.5. The second kappa shape index (κ2) is 9.96. The fourth-order valence-corrected chi connectivity index (χ4v) is 4.01. The van der Waals surface area contributed by atoms with Crippen LogP contribution in [0.15, 0.2) is 47.3 Å². The third-order valence-electron chi connectivity index (χ3n) is 5.76. The van der Waals surface area contributed by atoms with E-state index in [4.69, 9.17) is 9.72 Å². The summed E-state index contributed by atoms with van der Waals surface area (Å²) in [6.45, 7) is 2.80. The van der Waals surface area contributed by atoms with E-state index in [1.807, 2.05) is 31.2 Å². The largest absolute Gasteiger partial charge is 0.491 e. The van der Waals surface area contributed by atoms with Crippen LogP contribution in [0.3, 0.4) is 0 Å². The van der Waals surface area contributed by atoms with Crippen LogP contribution in [0.25, 0.3) is 10.9 Å². The smallest absolute Gasteiger partial charge is 0.261 e. The Morgan fingerprint density at radius 3 is 2.88 bits per heavy atom. The fraction of sp³-hybridized carbons (Fsp3) is 0.400. The van der Waals surface area contributed by atoms with E-state index < -0.39 is 6.10 Å². The van der Waals surface area contributed by atoms with E-state index in [-0.39, 0.29) is 24.6 Å². The van der Waals surface area contributed by atoms with Crippen LogP contribution in [0.4, 0.5) is 0 Å². The molecule has 2 heterocycles. The summed E-state index contributed by atoms with van der Waals surface area (Å²) in [6, 6.07) is 12.5. The van der Waals surface area contributed by atoms with Gasteiger partial charge in [-0.25, -0.2) is 4.98 Å². The van der Waals surface area contributed by atoms with Crippen LogP contribution in [0.2, 0.25) is 0 Å². The minimum Gasteiger partial charge on any atom is -0.491 e. The number of aliphatic hydroxyl groups is 1. The summed E-state index contributed by atoms with van der Waals surface area (Å²) >= 11 is 0. The van der Waals surface area contributed by atoms with Gasteiger partial charge in [0.25, 0.3) is 11.5 Å². The van der Waals surface area contributed by atoms with Crippen molar-refractivity contribution in [2.45, 2.75) is 51.7 Å². The van der Waals surface area contributed by atoms with Crippen LogP contribution in [0.5, 0.6) is 5.75 Å². The third-order valence-corrected chi connectivity index (χ3v) is 5.76. The van der Waals surface area contributed by atoms with Gasteiger partial charge in [0.2, 0.25) is 0 Å². The molecule has 1 amide bonds. The van der Waals surface area contributed by atoms with Gasteiger partial charge in [-0.1, -0.05) is 25.0 Å². The SMILES string of the molecule is Cc1cccc(OCC(O)CNC(=O)c2ccc3c(=O)n4c(nc3c2)CCCCCC4)c1. The number of nitrogens with one attached hydrogen (secondary N) is 1. The first-order valence-electron chi connectivity index (χ1n) is 11.2. The van der Waals surface area contributed by atoms with Crippen molar-refractivity contribution in [2.24, 2.45) is 0 Å². The van der Waals surface area contributed by atoms with Gasteiger partial charge in [-0.05, 0) is 55.7 Å². The number of rotatable bonds is 6. The molecule has 1 aliphatic rings. The van der Waals surface area contributed by atoms with E-state index >= 15 is 0 Å². The normalized spacial score (nSPS) is 14.8. The fourth-order valence-electron chi connectivity index (χ4n) is 4.01. The number of amides is 1. The Morgan fingerprint density at radius 2 is 2.03 bits per heavy atom. The number of aryl methyl sites for hydroxylation is 2. The Hall–Kier alpha value is -3.19. The molecular formula is C25H29N3O4. The van der Waals surface area contributed by atoms with Gasteiger partial charge in [0, 0.05) is 25.1 Å². The number of aromatic nitrogens is 2. The molecule has 32 heavy (non-hydrogen) atoms. The molecule has 0 saturated heterocycles. The number of nitrogens with zero attached hydrogens (tertiary/aromatic N) is 2. The summed E-state index contributed by atoms with van der Waals surface area (Å²) in [5, 5.41) is 13.4. The summed E-state index contributed by atoms with van der Waals surface area (Å²) in [5.41, 5.74) is 1.98. The number of ether oxygens (including phenoxy) is 1. The van der Waals surface area contributed by atoms with Crippen molar-refractivity contribution in [1.29, 1.82) is 0 Å². The van der Waals surface area contributed by atoms with Crippen molar-refractivity contribution in [2.75, 3.05) is 13.2 Å². The highest BCUT2D eigenvalue weighted by Gasteiger charge is 2.15. The lowest BCUT2D eigenvalue weighted by Crippen LogP contribution is -2.35. The number of carbonyl (C=O) groups is 1. The summed E-state index contributed by atoms with van der Waals surface area (Å²) in [5.74, 6) is 1.15. The van der Waals surface area contributed by atoms with Crippen molar-refractivity contribution in [3.05, 3.63) is 69.8 Å². The van der Waals surface area contributed by atoms with Crippen LogP contribution >= 0.6 is 0 Å². The van der Waals surface area contributed by atoms with Crippen molar-refractivity contribution < 1.29 is 14.6 Å². The molecule has 2 aromatic carbocycles. The predicted octanol–water partition coefficient (Wildman–Crippen LogP) is 2.99. The molecule has 168 valence electrons. The first kappa shape index (κ1) is 22.0. The number of fused-ring (bicyclic) bond motifs is 2. The minimum absolute atomic E-state index is 0.0393. The lowest BCUT2D eigenvalue weighted by molar-refractivity contribution is 0.0844. The Morgan fingerprint density at radius 1 is 1.19 bits per heavy atom. The molecule has 1 aliphatic heterocycles. The molecule has 3 aromatic rings. The quantitative estimate of drug-likeness (QED) is 0.621. The molecule has 0 aliphatic carbocycles. The second-order valence-electron chi connectivity index (χ2n) is 8.37. The highest BCUT2D eigenvalue weighted by molar-refractivity contribution is 5.97. The molecule has 1 aromatic heterocycles. The highest BCUT2D eigenvalue weighted by atomic mass is 16.5. The van der Waals surface area contributed by atoms with Crippen LogP contribution in [-0.2, 0) is 13.0 Å². The van der Waals surface area contributed by atoms with Crippen molar-refractivity contribution >= 4 is 16.8 Å². The lowest BCUT2D eigenvalue weighted by Gasteiger charge is -2.16. The number of hydrogen-bond acceptors (Lipinski definition) is 5. The van der Waals surface area contributed by atoms with Crippen LogP contribution in [0, 0.1) is 6.92 Å². The van der Waals surface area contributed by atoms with E-state index in [0.29, 0.717) is 28.8 Å². The monoisotopic (exact) mass is 435 g/mol. The van der Waals surface area contributed by atoms with E-state index in [9.17, 15) is 14.7 Å². The molecule has 2 N–H and O–H groups in total. The Labute approximate surface area is 187 Å². The molecule has 0 saturated carbocycles. The number of carbonyl (C=O) groups excluding carboxylic acids is 1. The average Bonchev–Trinajstić information content (AvgIpc) is 2.77. The molecule has 0 radical (unpaired) electrons. The standard InChI is InChI=1S/C25H29N3O4/c1-17-7-6-8-20(13-17)32-16-19(29)15-26-24(30)18-10-11-21-22(14-18)27-23-9-4-2-3-5-12-28(23)25(21)31/h6-8,10-11,13-14,19,29H,2-5,9,12,15-16H2,1H3,(H,26,30). The second-order valence-corrected chi connectivity index (χ2v) is 8.37. The minimum atomic E-state index is -0.845. The highest BCUT2D eigenvalue weighted by Crippen LogP contribution is 2.17. The maximum absolute atomic E-state index is 12.9. The molecule has 0 fully saturated rings.